The van der Waals surface area contributed by atoms with Crippen molar-refractivity contribution in [3.63, 3.8) is 0 Å². The number of aromatic hydroxyl groups is 1. The molecule has 1 heterocycles. The molecule has 2 N–H and O–H groups in total. The summed E-state index contributed by atoms with van der Waals surface area (Å²) in [4.78, 5) is 4.48. The molecule has 1 aromatic heterocycles. The maximum absolute atomic E-state index is 9.72. The topological polar surface area (TPSA) is 66.7 Å². The van der Waals surface area contributed by atoms with Crippen LogP contribution >= 0.6 is 11.3 Å². The van der Waals surface area contributed by atoms with Gasteiger partial charge in [-0.05, 0) is 23.8 Å². The molecule has 0 saturated heterocycles. The van der Waals surface area contributed by atoms with Gasteiger partial charge in [0, 0.05) is 10.9 Å². The molecule has 116 valence electrons. The molecule has 2 aromatic carbocycles. The molecule has 23 heavy (non-hydrogen) atoms. The van der Waals surface area contributed by atoms with Crippen LogP contribution in [-0.2, 0) is 0 Å². The third-order valence-electron chi connectivity index (χ3n) is 3.15. The van der Waals surface area contributed by atoms with E-state index in [9.17, 15) is 5.11 Å². The number of nitrogens with one attached hydrogen (secondary N) is 1. The molecule has 6 heteroatoms. The van der Waals surface area contributed by atoms with Crippen molar-refractivity contribution < 1.29 is 9.84 Å². The highest BCUT2D eigenvalue weighted by Crippen LogP contribution is 2.26. The summed E-state index contributed by atoms with van der Waals surface area (Å²) in [6.07, 6.45) is 1.61. The Morgan fingerprint density at radius 3 is 2.78 bits per heavy atom. The highest BCUT2D eigenvalue weighted by atomic mass is 32.1. The van der Waals surface area contributed by atoms with Crippen LogP contribution in [0, 0.1) is 0 Å². The maximum Gasteiger partial charge on any atom is 0.203 e. The summed E-state index contributed by atoms with van der Waals surface area (Å²) in [5, 5.41) is 16.5. The first-order valence-corrected chi connectivity index (χ1v) is 7.81. The smallest absolute Gasteiger partial charge is 0.203 e. The Morgan fingerprint density at radius 1 is 1.22 bits per heavy atom. The van der Waals surface area contributed by atoms with Crippen LogP contribution in [-0.4, -0.2) is 23.4 Å². The normalized spacial score (nSPS) is 10.8. The van der Waals surface area contributed by atoms with Gasteiger partial charge in [-0.3, -0.25) is 5.43 Å². The number of hydrogen-bond donors (Lipinski definition) is 2. The molecule has 0 spiro atoms. The summed E-state index contributed by atoms with van der Waals surface area (Å²) in [5.74, 6) is 0.514. The van der Waals surface area contributed by atoms with E-state index in [1.807, 2.05) is 35.7 Å². The van der Waals surface area contributed by atoms with Gasteiger partial charge >= 0.3 is 0 Å². The Bertz CT molecular complexity index is 816. The predicted molar refractivity (Wildman–Crippen MR) is 93.4 cm³/mol. The van der Waals surface area contributed by atoms with E-state index in [-0.39, 0.29) is 5.75 Å². The first-order valence-electron chi connectivity index (χ1n) is 6.93. The van der Waals surface area contributed by atoms with Crippen molar-refractivity contribution in [1.82, 2.24) is 4.98 Å². The minimum absolute atomic E-state index is 0.0806. The lowest BCUT2D eigenvalue weighted by molar-refractivity contribution is 0.373. The second-order valence-electron chi connectivity index (χ2n) is 4.71. The van der Waals surface area contributed by atoms with Crippen molar-refractivity contribution in [2.24, 2.45) is 5.10 Å². The molecule has 3 aromatic rings. The number of hydrogen-bond acceptors (Lipinski definition) is 6. The van der Waals surface area contributed by atoms with Gasteiger partial charge in [0.15, 0.2) is 11.5 Å². The SMILES string of the molecule is COc1ccc(/C=N\Nc2nc(-c3ccccc3)cs2)cc1O. The van der Waals surface area contributed by atoms with Crippen LogP contribution < -0.4 is 10.2 Å². The third kappa shape index (κ3) is 3.67. The van der Waals surface area contributed by atoms with E-state index >= 15 is 0 Å². The summed E-state index contributed by atoms with van der Waals surface area (Å²) in [5.41, 5.74) is 5.64. The van der Waals surface area contributed by atoms with Gasteiger partial charge in [-0.1, -0.05) is 30.3 Å². The summed E-state index contributed by atoms with van der Waals surface area (Å²) in [6, 6.07) is 15.1. The van der Waals surface area contributed by atoms with E-state index in [1.54, 1.807) is 24.4 Å². The van der Waals surface area contributed by atoms with Gasteiger partial charge in [-0.2, -0.15) is 5.10 Å². The quantitative estimate of drug-likeness (QED) is 0.550. The lowest BCUT2D eigenvalue weighted by Crippen LogP contribution is -1.91. The maximum atomic E-state index is 9.72. The molecule has 0 aliphatic carbocycles. The van der Waals surface area contributed by atoms with Crippen molar-refractivity contribution in [2.45, 2.75) is 0 Å². The molecule has 0 saturated carbocycles. The molecule has 5 nitrogen and oxygen atoms in total. The van der Waals surface area contributed by atoms with E-state index in [0.717, 1.165) is 16.8 Å². The Labute approximate surface area is 137 Å². The number of methoxy groups -OCH3 is 1. The van der Waals surface area contributed by atoms with E-state index in [4.69, 9.17) is 4.74 Å². The molecular weight excluding hydrogens is 310 g/mol. The number of hydrazone groups is 1. The average Bonchev–Trinajstić information content (AvgIpc) is 3.05. The van der Waals surface area contributed by atoms with Crippen molar-refractivity contribution in [2.75, 3.05) is 12.5 Å². The summed E-state index contributed by atoms with van der Waals surface area (Å²) in [6.45, 7) is 0. The molecule has 3 rings (SSSR count). The summed E-state index contributed by atoms with van der Waals surface area (Å²) < 4.78 is 5.00. The van der Waals surface area contributed by atoms with Crippen molar-refractivity contribution >= 4 is 22.7 Å². The molecule has 0 fully saturated rings. The Kier molecular flexibility index (Phi) is 4.54. The average molecular weight is 325 g/mol. The number of phenols is 1. The van der Waals surface area contributed by atoms with E-state index in [0.29, 0.717) is 10.9 Å². The Balaban J connectivity index is 1.67. The number of aromatic nitrogens is 1. The predicted octanol–water partition coefficient (Wildman–Crippen LogP) is 3.97. The zero-order chi connectivity index (χ0) is 16.1. The zero-order valence-electron chi connectivity index (χ0n) is 12.4. The van der Waals surface area contributed by atoms with Crippen LogP contribution in [0.3, 0.4) is 0 Å². The van der Waals surface area contributed by atoms with Crippen LogP contribution in [0.1, 0.15) is 5.56 Å². The standard InChI is InChI=1S/C17H15N3O2S/c1-22-16-8-7-12(9-15(16)21)10-18-20-17-19-14(11-23-17)13-5-3-2-4-6-13/h2-11,21H,1H3,(H,19,20)/b18-10-. The number of rotatable bonds is 5. The molecular formula is C17H15N3O2S. The molecule has 0 unspecified atom stereocenters. The minimum atomic E-state index is 0.0806. The van der Waals surface area contributed by atoms with Gasteiger partial charge in [0.25, 0.3) is 0 Å². The van der Waals surface area contributed by atoms with Gasteiger partial charge in [-0.25, -0.2) is 4.98 Å². The molecule has 0 aliphatic rings. The Hall–Kier alpha value is -2.86. The van der Waals surface area contributed by atoms with Gasteiger partial charge in [0.1, 0.15) is 0 Å². The number of thiazole rings is 1. The molecule has 0 radical (unpaired) electrons. The lowest BCUT2D eigenvalue weighted by atomic mass is 10.2. The largest absolute Gasteiger partial charge is 0.504 e. The van der Waals surface area contributed by atoms with E-state index < -0.39 is 0 Å². The third-order valence-corrected chi connectivity index (χ3v) is 3.90. The molecule has 0 aliphatic heterocycles. The number of ether oxygens (including phenoxy) is 1. The fourth-order valence-corrected chi connectivity index (χ4v) is 2.68. The number of phenolic OH excluding ortho intramolecular Hbond substituents is 1. The van der Waals surface area contributed by atoms with Crippen LogP contribution in [0.2, 0.25) is 0 Å². The number of nitrogens with zero attached hydrogens (tertiary/aromatic N) is 2. The van der Waals surface area contributed by atoms with Gasteiger partial charge in [-0.15, -0.1) is 11.3 Å². The van der Waals surface area contributed by atoms with E-state index in [2.05, 4.69) is 15.5 Å². The number of benzene rings is 2. The fourth-order valence-electron chi connectivity index (χ4n) is 2.02. The second-order valence-corrected chi connectivity index (χ2v) is 5.56. The molecule has 0 amide bonds. The van der Waals surface area contributed by atoms with E-state index in [1.165, 1.54) is 18.4 Å². The van der Waals surface area contributed by atoms with Gasteiger partial charge in [0.05, 0.1) is 19.0 Å². The van der Waals surface area contributed by atoms with Gasteiger partial charge in [0.2, 0.25) is 5.13 Å². The van der Waals surface area contributed by atoms with Gasteiger partial charge < -0.3 is 9.84 Å². The van der Waals surface area contributed by atoms with Crippen molar-refractivity contribution in [1.29, 1.82) is 0 Å². The fraction of sp³-hybridized carbons (Fsp3) is 0.0588. The molecule has 0 atom stereocenters. The van der Waals surface area contributed by atoms with Crippen LogP contribution in [0.15, 0.2) is 59.0 Å². The zero-order valence-corrected chi connectivity index (χ0v) is 13.2. The molecule has 0 bridgehead atoms. The second kappa shape index (κ2) is 6.93. The highest BCUT2D eigenvalue weighted by molar-refractivity contribution is 7.14. The van der Waals surface area contributed by atoms with Crippen molar-refractivity contribution in [3.8, 4) is 22.8 Å². The monoisotopic (exact) mass is 325 g/mol. The minimum Gasteiger partial charge on any atom is -0.504 e. The van der Waals surface area contributed by atoms with Crippen LogP contribution in [0.4, 0.5) is 5.13 Å². The summed E-state index contributed by atoms with van der Waals surface area (Å²) in [7, 11) is 1.51. The van der Waals surface area contributed by atoms with Crippen LogP contribution in [0.25, 0.3) is 11.3 Å². The summed E-state index contributed by atoms with van der Waals surface area (Å²) >= 11 is 1.48. The highest BCUT2D eigenvalue weighted by Gasteiger charge is 2.03. The first-order chi connectivity index (χ1) is 11.3. The lowest BCUT2D eigenvalue weighted by Gasteiger charge is -2.02. The first kappa shape index (κ1) is 15.1. The Morgan fingerprint density at radius 2 is 2.04 bits per heavy atom. The number of anilines is 1. The van der Waals surface area contributed by atoms with Crippen molar-refractivity contribution in [3.05, 3.63) is 59.5 Å². The van der Waals surface area contributed by atoms with Crippen LogP contribution in [0.5, 0.6) is 11.5 Å².